The topological polar surface area (TPSA) is 66.0 Å². The van der Waals surface area contributed by atoms with E-state index in [1.807, 2.05) is 24.8 Å². The SMILES string of the molecule is CC/N=C1/C=C(C(=O)N2CC(C)NC(C)C2)C=C/C1=C(/C)Nc1ccc(OC(F)(F)F)cc1. The monoisotopic (exact) mass is 462 g/mol. The van der Waals surface area contributed by atoms with E-state index in [0.29, 0.717) is 36.6 Å². The lowest BCUT2D eigenvalue weighted by molar-refractivity contribution is -0.274. The molecule has 178 valence electrons. The van der Waals surface area contributed by atoms with Crippen LogP contribution >= 0.6 is 0 Å². The van der Waals surface area contributed by atoms with E-state index in [1.54, 1.807) is 12.2 Å². The van der Waals surface area contributed by atoms with Crippen molar-refractivity contribution >= 4 is 17.3 Å². The maximum absolute atomic E-state index is 13.1. The van der Waals surface area contributed by atoms with Gasteiger partial charge in [-0.2, -0.15) is 0 Å². The Hall–Kier alpha value is -3.07. The minimum atomic E-state index is -4.73. The first-order valence-corrected chi connectivity index (χ1v) is 10.9. The molecule has 1 aliphatic carbocycles. The van der Waals surface area contributed by atoms with Crippen molar-refractivity contribution in [3.63, 3.8) is 0 Å². The maximum atomic E-state index is 13.1. The lowest BCUT2D eigenvalue weighted by Crippen LogP contribution is -2.56. The molecule has 1 aromatic rings. The highest BCUT2D eigenvalue weighted by Crippen LogP contribution is 2.26. The Labute approximate surface area is 191 Å². The van der Waals surface area contributed by atoms with Crippen molar-refractivity contribution in [1.29, 1.82) is 0 Å². The minimum absolute atomic E-state index is 0.0276. The molecule has 1 fully saturated rings. The number of alkyl halides is 3. The van der Waals surface area contributed by atoms with E-state index in [0.717, 1.165) is 11.3 Å². The molecular weight excluding hydrogens is 433 g/mol. The molecule has 2 N–H and O–H groups in total. The molecule has 2 atom stereocenters. The van der Waals surface area contributed by atoms with E-state index in [1.165, 1.54) is 24.3 Å². The average Bonchev–Trinajstić information content (AvgIpc) is 2.73. The van der Waals surface area contributed by atoms with E-state index in [4.69, 9.17) is 0 Å². The van der Waals surface area contributed by atoms with Crippen molar-refractivity contribution in [1.82, 2.24) is 10.2 Å². The van der Waals surface area contributed by atoms with Gasteiger partial charge in [0.25, 0.3) is 5.91 Å². The van der Waals surface area contributed by atoms with Gasteiger partial charge in [0.2, 0.25) is 0 Å². The normalized spacial score (nSPS) is 23.9. The maximum Gasteiger partial charge on any atom is 0.573 e. The summed E-state index contributed by atoms with van der Waals surface area (Å²) in [6.07, 6.45) is 0.701. The number of allylic oxidation sites excluding steroid dienone is 4. The largest absolute Gasteiger partial charge is 0.573 e. The van der Waals surface area contributed by atoms with Gasteiger partial charge in [0.15, 0.2) is 0 Å². The average molecular weight is 463 g/mol. The van der Waals surface area contributed by atoms with Gasteiger partial charge in [0.1, 0.15) is 5.75 Å². The second kappa shape index (κ2) is 10.2. The first kappa shape index (κ1) is 24.6. The molecule has 0 radical (unpaired) electrons. The number of aliphatic imine (C=N–C) groups is 1. The standard InChI is InChI=1S/C24H29F3N4O2/c1-5-28-22-12-18(23(32)31-13-15(2)29-16(3)14-31)6-11-21(22)17(4)30-19-7-9-20(10-8-19)33-24(25,26)27/h6-12,15-16,29-30H,5,13-14H2,1-4H3/b21-17+,28-22-. The summed E-state index contributed by atoms with van der Waals surface area (Å²) in [6.45, 7) is 9.72. The van der Waals surface area contributed by atoms with Crippen LogP contribution in [0.15, 0.2) is 64.3 Å². The van der Waals surface area contributed by atoms with Crippen molar-refractivity contribution < 1.29 is 22.7 Å². The summed E-state index contributed by atoms with van der Waals surface area (Å²) in [7, 11) is 0. The Kier molecular flexibility index (Phi) is 7.63. The lowest BCUT2D eigenvalue weighted by atomic mass is 9.97. The van der Waals surface area contributed by atoms with Crippen LogP contribution in [0.4, 0.5) is 18.9 Å². The fourth-order valence-corrected chi connectivity index (χ4v) is 3.98. The first-order chi connectivity index (χ1) is 15.6. The van der Waals surface area contributed by atoms with E-state index in [2.05, 4.69) is 34.2 Å². The summed E-state index contributed by atoms with van der Waals surface area (Å²) >= 11 is 0. The summed E-state index contributed by atoms with van der Waals surface area (Å²) < 4.78 is 41.0. The predicted molar refractivity (Wildman–Crippen MR) is 123 cm³/mol. The summed E-state index contributed by atoms with van der Waals surface area (Å²) in [5, 5.41) is 6.61. The molecule has 3 rings (SSSR count). The molecule has 9 heteroatoms. The van der Waals surface area contributed by atoms with Gasteiger partial charge >= 0.3 is 6.36 Å². The van der Waals surface area contributed by atoms with E-state index in [-0.39, 0.29) is 23.7 Å². The Morgan fingerprint density at radius 2 is 1.82 bits per heavy atom. The van der Waals surface area contributed by atoms with Gasteiger partial charge in [-0.15, -0.1) is 13.2 Å². The van der Waals surface area contributed by atoms with Crippen LogP contribution in [0.5, 0.6) is 5.75 Å². The molecule has 1 amide bonds. The number of rotatable bonds is 5. The van der Waals surface area contributed by atoms with Crippen LogP contribution in [0.25, 0.3) is 0 Å². The van der Waals surface area contributed by atoms with Crippen LogP contribution in [-0.2, 0) is 4.79 Å². The molecule has 2 unspecified atom stereocenters. The molecule has 0 bridgehead atoms. The number of carbonyl (C=O) groups excluding carboxylic acids is 1. The van der Waals surface area contributed by atoms with Gasteiger partial charge in [0.05, 0.1) is 5.71 Å². The van der Waals surface area contributed by atoms with E-state index < -0.39 is 6.36 Å². The van der Waals surface area contributed by atoms with E-state index in [9.17, 15) is 18.0 Å². The zero-order valence-electron chi connectivity index (χ0n) is 19.2. The molecule has 1 saturated heterocycles. The smallest absolute Gasteiger partial charge is 0.406 e. The Bertz CT molecular complexity index is 984. The van der Waals surface area contributed by atoms with Gasteiger partial charge in [-0.1, -0.05) is 6.08 Å². The molecule has 1 aromatic carbocycles. The quantitative estimate of drug-likeness (QED) is 0.679. The van der Waals surface area contributed by atoms with Gasteiger partial charge in [-0.25, -0.2) is 0 Å². The molecule has 0 aromatic heterocycles. The first-order valence-electron chi connectivity index (χ1n) is 10.9. The number of hydrogen-bond acceptors (Lipinski definition) is 5. The molecular formula is C24H29F3N4O2. The van der Waals surface area contributed by atoms with Gasteiger partial charge in [0, 0.05) is 54.2 Å². The van der Waals surface area contributed by atoms with Crippen LogP contribution in [0.2, 0.25) is 0 Å². The molecule has 2 aliphatic rings. The van der Waals surface area contributed by atoms with Crippen LogP contribution in [0.1, 0.15) is 27.7 Å². The summed E-state index contributed by atoms with van der Waals surface area (Å²) in [5.74, 6) is -0.313. The highest BCUT2D eigenvalue weighted by molar-refractivity contribution is 6.17. The number of amides is 1. The zero-order valence-corrected chi connectivity index (χ0v) is 19.2. The number of hydrogen-bond donors (Lipinski definition) is 2. The molecule has 6 nitrogen and oxygen atoms in total. The minimum Gasteiger partial charge on any atom is -0.406 e. The van der Waals surface area contributed by atoms with Crippen LogP contribution in [0.3, 0.4) is 0 Å². The number of nitrogens with zero attached hydrogens (tertiary/aromatic N) is 2. The number of halogens is 3. The van der Waals surface area contributed by atoms with Crippen molar-refractivity contribution in [3.05, 3.63) is 59.3 Å². The number of nitrogens with one attached hydrogen (secondary N) is 2. The molecule has 1 aliphatic heterocycles. The van der Waals surface area contributed by atoms with Gasteiger partial charge < -0.3 is 20.3 Å². The molecule has 1 heterocycles. The van der Waals surface area contributed by atoms with Crippen LogP contribution in [-0.4, -0.2) is 54.6 Å². The number of carbonyl (C=O) groups is 1. The van der Waals surface area contributed by atoms with Crippen LogP contribution in [0, 0.1) is 0 Å². The van der Waals surface area contributed by atoms with Crippen molar-refractivity contribution in [2.24, 2.45) is 4.99 Å². The third-order valence-corrected chi connectivity index (χ3v) is 5.24. The summed E-state index contributed by atoms with van der Waals surface area (Å²) in [4.78, 5) is 19.5. The van der Waals surface area contributed by atoms with Gasteiger partial charge in [-0.3, -0.25) is 9.79 Å². The molecule has 0 saturated carbocycles. The van der Waals surface area contributed by atoms with Crippen molar-refractivity contribution in [2.75, 3.05) is 25.0 Å². The van der Waals surface area contributed by atoms with E-state index >= 15 is 0 Å². The summed E-state index contributed by atoms with van der Waals surface area (Å²) in [5.41, 5.74) is 3.44. The second-order valence-corrected chi connectivity index (χ2v) is 8.21. The number of ether oxygens (including phenoxy) is 1. The second-order valence-electron chi connectivity index (χ2n) is 8.21. The highest BCUT2D eigenvalue weighted by atomic mass is 19.4. The van der Waals surface area contributed by atoms with Crippen LogP contribution < -0.4 is 15.4 Å². The molecule has 0 spiro atoms. The third kappa shape index (κ3) is 6.71. The number of benzene rings is 1. The van der Waals surface area contributed by atoms with Crippen molar-refractivity contribution in [2.45, 2.75) is 46.1 Å². The number of piperazine rings is 1. The fourth-order valence-electron chi connectivity index (χ4n) is 3.98. The van der Waals surface area contributed by atoms with Gasteiger partial charge in [-0.05, 0) is 64.1 Å². The molecule has 33 heavy (non-hydrogen) atoms. The lowest BCUT2D eigenvalue weighted by Gasteiger charge is -2.36. The third-order valence-electron chi connectivity index (χ3n) is 5.24. The predicted octanol–water partition coefficient (Wildman–Crippen LogP) is 4.44. The fraction of sp³-hybridized carbons (Fsp3) is 0.417. The Balaban J connectivity index is 1.77. The summed E-state index contributed by atoms with van der Waals surface area (Å²) in [6, 6.07) is 5.96. The Morgan fingerprint density at radius 3 is 2.39 bits per heavy atom. The number of anilines is 1. The zero-order chi connectivity index (χ0) is 24.2. The highest BCUT2D eigenvalue weighted by Gasteiger charge is 2.31. The Morgan fingerprint density at radius 1 is 1.18 bits per heavy atom. The van der Waals surface area contributed by atoms with Crippen molar-refractivity contribution in [3.8, 4) is 5.75 Å².